The highest BCUT2D eigenvalue weighted by molar-refractivity contribution is 7.17. The number of aliphatic carboxylic acids is 1. The molecule has 2 atom stereocenters. The molecule has 0 spiro atoms. The molecule has 30 heavy (non-hydrogen) atoms. The third-order valence-electron chi connectivity index (χ3n) is 5.78. The largest absolute Gasteiger partial charge is 0.481 e. The Morgan fingerprint density at radius 2 is 1.70 bits per heavy atom. The number of hydrogen-bond donors (Lipinski definition) is 3. The van der Waals surface area contributed by atoms with Crippen LogP contribution in [0.5, 0.6) is 0 Å². The molecular formula is C23H24N2O4S. The lowest BCUT2D eigenvalue weighted by Crippen LogP contribution is -2.35. The minimum absolute atomic E-state index is 0.244. The second kappa shape index (κ2) is 8.44. The number of benzene rings is 1. The van der Waals surface area contributed by atoms with Crippen molar-refractivity contribution in [2.75, 3.05) is 10.6 Å². The standard InChI is InChI=1S/C23H24N2O4S/c1-13-9-11-14(12-10-13)24-21(27)19-17-7-4-8-18(17)30-22(19)25-20(26)15-5-2-3-6-16(15)23(28)29/h2-3,9-12,15-16H,4-8H2,1H3,(H,24,27)(H,25,26)(H,28,29)/t15-,16+/m1/s1. The molecule has 2 amide bonds. The Kier molecular flexibility index (Phi) is 5.72. The molecule has 0 radical (unpaired) electrons. The SMILES string of the molecule is Cc1ccc(NC(=O)c2c(NC(=O)[C@@H]3CC=CC[C@@H]3C(=O)O)sc3c2CCC3)cc1. The lowest BCUT2D eigenvalue weighted by atomic mass is 9.82. The number of allylic oxidation sites excluding steroid dienone is 2. The van der Waals surface area contributed by atoms with Crippen LogP contribution in [0.2, 0.25) is 0 Å². The van der Waals surface area contributed by atoms with Crippen molar-refractivity contribution in [3.8, 4) is 0 Å². The maximum Gasteiger partial charge on any atom is 0.307 e. The van der Waals surface area contributed by atoms with Crippen molar-refractivity contribution in [2.45, 2.75) is 39.0 Å². The van der Waals surface area contributed by atoms with Crippen LogP contribution in [0.25, 0.3) is 0 Å². The van der Waals surface area contributed by atoms with Gasteiger partial charge >= 0.3 is 5.97 Å². The summed E-state index contributed by atoms with van der Waals surface area (Å²) in [7, 11) is 0. The quantitative estimate of drug-likeness (QED) is 0.620. The summed E-state index contributed by atoms with van der Waals surface area (Å²) < 4.78 is 0. The number of amides is 2. The highest BCUT2D eigenvalue weighted by Crippen LogP contribution is 2.40. The van der Waals surface area contributed by atoms with E-state index in [-0.39, 0.29) is 11.8 Å². The van der Waals surface area contributed by atoms with Gasteiger partial charge in [0.15, 0.2) is 0 Å². The zero-order valence-corrected chi connectivity index (χ0v) is 17.6. The molecule has 0 aliphatic heterocycles. The van der Waals surface area contributed by atoms with E-state index >= 15 is 0 Å². The molecule has 1 aromatic carbocycles. The normalized spacial score (nSPS) is 19.9. The number of aryl methyl sites for hydroxylation is 2. The number of carboxylic acid groups (broad SMARTS) is 1. The van der Waals surface area contributed by atoms with Gasteiger partial charge in [0.1, 0.15) is 5.00 Å². The number of carbonyl (C=O) groups excluding carboxylic acids is 2. The average Bonchev–Trinajstić information content (AvgIpc) is 3.30. The Morgan fingerprint density at radius 1 is 1.00 bits per heavy atom. The topological polar surface area (TPSA) is 95.5 Å². The summed E-state index contributed by atoms with van der Waals surface area (Å²) in [5.41, 5.74) is 3.31. The van der Waals surface area contributed by atoms with Crippen molar-refractivity contribution in [3.05, 3.63) is 58.0 Å². The number of nitrogens with one attached hydrogen (secondary N) is 2. The molecule has 2 aliphatic rings. The van der Waals surface area contributed by atoms with Gasteiger partial charge in [-0.05, 0) is 56.7 Å². The van der Waals surface area contributed by atoms with E-state index in [1.165, 1.54) is 11.3 Å². The molecule has 7 heteroatoms. The maximum atomic E-state index is 13.1. The van der Waals surface area contributed by atoms with Gasteiger partial charge < -0.3 is 15.7 Å². The number of carboxylic acids is 1. The highest BCUT2D eigenvalue weighted by Gasteiger charge is 2.35. The summed E-state index contributed by atoms with van der Waals surface area (Å²) >= 11 is 1.43. The molecule has 0 unspecified atom stereocenters. The molecule has 1 heterocycles. The maximum absolute atomic E-state index is 13.1. The molecule has 3 N–H and O–H groups in total. The number of carbonyl (C=O) groups is 3. The summed E-state index contributed by atoms with van der Waals surface area (Å²) in [5.74, 6) is -2.93. The van der Waals surface area contributed by atoms with Gasteiger partial charge in [-0.2, -0.15) is 0 Å². The second-order valence-corrected chi connectivity index (χ2v) is 8.97. The minimum Gasteiger partial charge on any atom is -0.481 e. The van der Waals surface area contributed by atoms with Crippen LogP contribution < -0.4 is 10.6 Å². The number of fused-ring (bicyclic) bond motifs is 1. The van der Waals surface area contributed by atoms with Crippen LogP contribution in [0.3, 0.4) is 0 Å². The van der Waals surface area contributed by atoms with Gasteiger partial charge in [-0.3, -0.25) is 14.4 Å². The van der Waals surface area contributed by atoms with Gasteiger partial charge in [0.2, 0.25) is 5.91 Å². The van der Waals surface area contributed by atoms with E-state index in [0.717, 1.165) is 35.3 Å². The van der Waals surface area contributed by atoms with Crippen LogP contribution in [0.15, 0.2) is 36.4 Å². The molecule has 6 nitrogen and oxygen atoms in total. The summed E-state index contributed by atoms with van der Waals surface area (Å²) in [6, 6.07) is 7.56. The first-order valence-electron chi connectivity index (χ1n) is 10.1. The first-order valence-corrected chi connectivity index (χ1v) is 11.0. The number of hydrogen-bond acceptors (Lipinski definition) is 4. The first kappa shape index (κ1) is 20.3. The van der Waals surface area contributed by atoms with Crippen molar-refractivity contribution in [1.29, 1.82) is 0 Å². The van der Waals surface area contributed by atoms with Crippen LogP contribution in [-0.4, -0.2) is 22.9 Å². The molecule has 0 saturated heterocycles. The molecule has 0 bridgehead atoms. The Morgan fingerprint density at radius 3 is 2.40 bits per heavy atom. The Balaban J connectivity index is 1.59. The number of anilines is 2. The van der Waals surface area contributed by atoms with E-state index in [1.54, 1.807) is 0 Å². The van der Waals surface area contributed by atoms with E-state index in [9.17, 15) is 19.5 Å². The third-order valence-corrected chi connectivity index (χ3v) is 6.99. The molecular weight excluding hydrogens is 400 g/mol. The molecule has 4 rings (SSSR count). The Hall–Kier alpha value is -2.93. The van der Waals surface area contributed by atoms with Crippen LogP contribution in [0, 0.1) is 18.8 Å². The highest BCUT2D eigenvalue weighted by atomic mass is 32.1. The third kappa shape index (κ3) is 4.03. The fourth-order valence-corrected chi connectivity index (χ4v) is 5.43. The van der Waals surface area contributed by atoms with E-state index in [1.807, 2.05) is 43.3 Å². The smallest absolute Gasteiger partial charge is 0.307 e. The molecule has 1 aromatic heterocycles. The number of rotatable bonds is 5. The van der Waals surface area contributed by atoms with Gasteiger partial charge in [0.25, 0.3) is 5.91 Å². The number of thiophene rings is 1. The van der Waals surface area contributed by atoms with E-state index in [0.29, 0.717) is 29.1 Å². The van der Waals surface area contributed by atoms with Crippen molar-refractivity contribution in [2.24, 2.45) is 11.8 Å². The van der Waals surface area contributed by atoms with Crippen molar-refractivity contribution < 1.29 is 19.5 Å². The van der Waals surface area contributed by atoms with Crippen LogP contribution in [-0.2, 0) is 22.4 Å². The summed E-state index contributed by atoms with van der Waals surface area (Å²) in [4.78, 5) is 38.7. The van der Waals surface area contributed by atoms with Crippen LogP contribution >= 0.6 is 11.3 Å². The zero-order chi connectivity index (χ0) is 21.3. The summed E-state index contributed by atoms with van der Waals surface area (Å²) in [6.07, 6.45) is 7.08. The van der Waals surface area contributed by atoms with E-state index in [4.69, 9.17) is 0 Å². The average molecular weight is 425 g/mol. The summed E-state index contributed by atoms with van der Waals surface area (Å²) in [6.45, 7) is 1.98. The lowest BCUT2D eigenvalue weighted by Gasteiger charge is -2.24. The molecule has 0 fully saturated rings. The van der Waals surface area contributed by atoms with Gasteiger partial charge in [-0.25, -0.2) is 0 Å². The lowest BCUT2D eigenvalue weighted by molar-refractivity contribution is -0.146. The predicted molar refractivity (Wildman–Crippen MR) is 117 cm³/mol. The monoisotopic (exact) mass is 424 g/mol. The van der Waals surface area contributed by atoms with Gasteiger partial charge in [-0.15, -0.1) is 11.3 Å². The fraction of sp³-hybridized carbons (Fsp3) is 0.348. The van der Waals surface area contributed by atoms with Gasteiger partial charge in [0, 0.05) is 10.6 Å². The first-order chi connectivity index (χ1) is 14.4. The van der Waals surface area contributed by atoms with Gasteiger partial charge in [-0.1, -0.05) is 29.8 Å². The van der Waals surface area contributed by atoms with Crippen molar-refractivity contribution in [3.63, 3.8) is 0 Å². The van der Waals surface area contributed by atoms with E-state index in [2.05, 4.69) is 10.6 Å². The Labute approximate surface area is 179 Å². The minimum atomic E-state index is -0.967. The molecule has 2 aromatic rings. The zero-order valence-electron chi connectivity index (χ0n) is 16.7. The van der Waals surface area contributed by atoms with E-state index < -0.39 is 17.8 Å². The second-order valence-electron chi connectivity index (χ2n) is 7.86. The predicted octanol–water partition coefficient (Wildman–Crippen LogP) is 4.40. The van der Waals surface area contributed by atoms with Gasteiger partial charge in [0.05, 0.1) is 17.4 Å². The van der Waals surface area contributed by atoms with Crippen molar-refractivity contribution in [1.82, 2.24) is 0 Å². The molecule has 2 aliphatic carbocycles. The Bertz CT molecular complexity index is 1020. The van der Waals surface area contributed by atoms with Crippen LogP contribution in [0.4, 0.5) is 10.7 Å². The molecule has 0 saturated carbocycles. The van der Waals surface area contributed by atoms with Crippen LogP contribution in [0.1, 0.15) is 45.6 Å². The van der Waals surface area contributed by atoms with Crippen molar-refractivity contribution >= 4 is 39.8 Å². The molecule has 156 valence electrons. The fourth-order valence-electron chi connectivity index (χ4n) is 4.14. The summed E-state index contributed by atoms with van der Waals surface area (Å²) in [5, 5.41) is 15.8.